The predicted octanol–water partition coefficient (Wildman–Crippen LogP) is 3.67. The molecule has 21 heavy (non-hydrogen) atoms. The zero-order valence-corrected chi connectivity index (χ0v) is 13.4. The third-order valence-corrected chi connectivity index (χ3v) is 3.98. The van der Waals surface area contributed by atoms with Gasteiger partial charge in [0.2, 0.25) is 0 Å². The highest BCUT2D eigenvalue weighted by Gasteiger charge is 2.31. The first-order valence-electron chi connectivity index (χ1n) is 7.61. The van der Waals surface area contributed by atoms with Crippen molar-refractivity contribution in [3.63, 3.8) is 0 Å². The average molecular weight is 311 g/mol. The summed E-state index contributed by atoms with van der Waals surface area (Å²) in [5.74, 6) is 0. The van der Waals surface area contributed by atoms with Gasteiger partial charge in [0.05, 0.1) is 11.7 Å². The van der Waals surface area contributed by atoms with Gasteiger partial charge in [0, 0.05) is 19.2 Å². The summed E-state index contributed by atoms with van der Waals surface area (Å²) >= 11 is 0. The number of nitrogens with one attached hydrogen (secondary N) is 1. The molecule has 6 heteroatoms. The summed E-state index contributed by atoms with van der Waals surface area (Å²) in [5.41, 5.74) is -0.201. The van der Waals surface area contributed by atoms with Gasteiger partial charge in [-0.3, -0.25) is 0 Å². The van der Waals surface area contributed by atoms with Crippen molar-refractivity contribution in [1.29, 1.82) is 0 Å². The first-order chi connectivity index (χ1) is 9.61. The maximum atomic E-state index is 12.2. The molecular weight excluding hydrogens is 283 g/mol. The van der Waals surface area contributed by atoms with Crippen LogP contribution in [0.4, 0.5) is 13.2 Å². The van der Waals surface area contributed by atoms with Crippen LogP contribution in [0.15, 0.2) is 0 Å². The fourth-order valence-electron chi connectivity index (χ4n) is 2.94. The molecule has 0 radical (unpaired) electrons. The van der Waals surface area contributed by atoms with Crippen molar-refractivity contribution < 1.29 is 22.6 Å². The van der Waals surface area contributed by atoms with Crippen LogP contribution in [0, 0.1) is 0 Å². The summed E-state index contributed by atoms with van der Waals surface area (Å²) in [6, 6.07) is 0.478. The van der Waals surface area contributed by atoms with E-state index in [0.717, 1.165) is 19.3 Å². The fraction of sp³-hybridized carbons (Fsp3) is 1.00. The predicted molar refractivity (Wildman–Crippen MR) is 76.4 cm³/mol. The summed E-state index contributed by atoms with van der Waals surface area (Å²) < 4.78 is 47.0. The Morgan fingerprint density at radius 2 is 1.90 bits per heavy atom. The number of alkyl halides is 3. The van der Waals surface area contributed by atoms with Gasteiger partial charge < -0.3 is 14.8 Å². The number of ether oxygens (including phenoxy) is 2. The molecule has 1 rings (SSSR count). The minimum Gasteiger partial charge on any atom is -0.379 e. The van der Waals surface area contributed by atoms with Gasteiger partial charge in [-0.2, -0.15) is 13.2 Å². The SMILES string of the molecule is COC(C)(C)CC(C)NC1CCCC(OCC(F)(F)F)C1. The highest BCUT2D eigenvalue weighted by molar-refractivity contribution is 4.83. The second-order valence-corrected chi connectivity index (χ2v) is 6.65. The van der Waals surface area contributed by atoms with Crippen molar-refractivity contribution in [3.05, 3.63) is 0 Å². The maximum absolute atomic E-state index is 12.2. The van der Waals surface area contributed by atoms with Crippen molar-refractivity contribution >= 4 is 0 Å². The summed E-state index contributed by atoms with van der Waals surface area (Å²) in [6.07, 6.45) is -0.422. The highest BCUT2D eigenvalue weighted by Crippen LogP contribution is 2.25. The molecular formula is C15H28F3NO2. The standard InChI is InChI=1S/C15H28F3NO2/c1-11(9-14(2,3)20-4)19-12-6-5-7-13(8-12)21-10-15(16,17)18/h11-13,19H,5-10H2,1-4H3. The Morgan fingerprint density at radius 1 is 1.24 bits per heavy atom. The minimum atomic E-state index is -4.24. The van der Waals surface area contributed by atoms with E-state index in [0.29, 0.717) is 12.8 Å². The van der Waals surface area contributed by atoms with Crippen molar-refractivity contribution in [2.24, 2.45) is 0 Å². The first-order valence-corrected chi connectivity index (χ1v) is 7.61. The number of hydrogen-bond donors (Lipinski definition) is 1. The molecule has 0 aromatic heterocycles. The molecule has 0 aromatic rings. The molecule has 0 heterocycles. The van der Waals surface area contributed by atoms with Crippen LogP contribution in [-0.4, -0.2) is 43.7 Å². The van der Waals surface area contributed by atoms with Crippen molar-refractivity contribution in [2.75, 3.05) is 13.7 Å². The Labute approximate surface area is 125 Å². The van der Waals surface area contributed by atoms with Crippen LogP contribution in [0.3, 0.4) is 0 Å². The van der Waals surface area contributed by atoms with Gasteiger partial charge in [0.15, 0.2) is 0 Å². The van der Waals surface area contributed by atoms with Crippen LogP contribution in [0.1, 0.15) is 52.9 Å². The van der Waals surface area contributed by atoms with E-state index in [1.807, 2.05) is 13.8 Å². The summed E-state index contributed by atoms with van der Waals surface area (Å²) in [4.78, 5) is 0. The lowest BCUT2D eigenvalue weighted by Crippen LogP contribution is -2.44. The number of rotatable bonds is 7. The molecule has 3 nitrogen and oxygen atoms in total. The summed E-state index contributed by atoms with van der Waals surface area (Å²) in [5, 5.41) is 3.50. The minimum absolute atomic E-state index is 0.201. The topological polar surface area (TPSA) is 30.5 Å². The molecule has 3 atom stereocenters. The smallest absolute Gasteiger partial charge is 0.379 e. The lowest BCUT2D eigenvalue weighted by molar-refractivity contribution is -0.188. The fourth-order valence-corrected chi connectivity index (χ4v) is 2.94. The monoisotopic (exact) mass is 311 g/mol. The Kier molecular flexibility index (Phi) is 6.94. The van der Waals surface area contributed by atoms with Gasteiger partial charge in [-0.25, -0.2) is 0 Å². The van der Waals surface area contributed by atoms with Gasteiger partial charge >= 0.3 is 6.18 Å². The van der Waals surface area contributed by atoms with Crippen LogP contribution < -0.4 is 5.32 Å². The van der Waals surface area contributed by atoms with Crippen molar-refractivity contribution in [2.45, 2.75) is 82.8 Å². The van der Waals surface area contributed by atoms with E-state index in [-0.39, 0.29) is 23.8 Å². The summed E-state index contributed by atoms with van der Waals surface area (Å²) in [7, 11) is 1.69. The maximum Gasteiger partial charge on any atom is 0.411 e. The number of methoxy groups -OCH3 is 1. The molecule has 3 unspecified atom stereocenters. The quantitative estimate of drug-likeness (QED) is 0.778. The van der Waals surface area contributed by atoms with Crippen molar-refractivity contribution in [1.82, 2.24) is 5.32 Å². The van der Waals surface area contributed by atoms with Crippen LogP contribution >= 0.6 is 0 Å². The van der Waals surface area contributed by atoms with E-state index >= 15 is 0 Å². The molecule has 0 bridgehead atoms. The second kappa shape index (κ2) is 7.79. The van der Waals surface area contributed by atoms with Gasteiger partial charge in [-0.15, -0.1) is 0 Å². The van der Waals surface area contributed by atoms with Gasteiger partial charge in [0.1, 0.15) is 6.61 Å². The lowest BCUT2D eigenvalue weighted by atomic mass is 9.91. The zero-order valence-electron chi connectivity index (χ0n) is 13.4. The first kappa shape index (κ1) is 18.7. The zero-order chi connectivity index (χ0) is 16.1. The molecule has 0 amide bonds. The normalized spacial score (nSPS) is 25.9. The second-order valence-electron chi connectivity index (χ2n) is 6.65. The Hall–Kier alpha value is -0.330. The van der Waals surface area contributed by atoms with Gasteiger partial charge in [-0.05, 0) is 52.9 Å². The molecule has 0 saturated heterocycles. The molecule has 0 aromatic carbocycles. The lowest BCUT2D eigenvalue weighted by Gasteiger charge is -2.34. The Bertz CT molecular complexity index is 308. The molecule has 1 aliphatic carbocycles. The largest absolute Gasteiger partial charge is 0.411 e. The number of hydrogen-bond acceptors (Lipinski definition) is 3. The molecule has 0 aliphatic heterocycles. The Morgan fingerprint density at radius 3 is 2.48 bits per heavy atom. The molecule has 1 N–H and O–H groups in total. The third kappa shape index (κ3) is 8.02. The highest BCUT2D eigenvalue weighted by atomic mass is 19.4. The molecule has 1 aliphatic rings. The van der Waals surface area contributed by atoms with Crippen LogP contribution in [0.2, 0.25) is 0 Å². The van der Waals surface area contributed by atoms with Crippen molar-refractivity contribution in [3.8, 4) is 0 Å². The van der Waals surface area contributed by atoms with Crippen LogP contribution in [0.5, 0.6) is 0 Å². The van der Waals surface area contributed by atoms with Crippen LogP contribution in [-0.2, 0) is 9.47 Å². The van der Waals surface area contributed by atoms with E-state index < -0.39 is 12.8 Å². The molecule has 0 spiro atoms. The molecule has 126 valence electrons. The van der Waals surface area contributed by atoms with E-state index in [1.54, 1.807) is 7.11 Å². The van der Waals surface area contributed by atoms with Crippen LogP contribution in [0.25, 0.3) is 0 Å². The third-order valence-electron chi connectivity index (χ3n) is 3.98. The van der Waals surface area contributed by atoms with E-state index in [9.17, 15) is 13.2 Å². The Balaban J connectivity index is 2.35. The average Bonchev–Trinajstić information content (AvgIpc) is 2.35. The summed E-state index contributed by atoms with van der Waals surface area (Å²) in [6.45, 7) is 5.00. The molecule has 1 fully saturated rings. The van der Waals surface area contributed by atoms with Gasteiger partial charge in [0.25, 0.3) is 0 Å². The van der Waals surface area contributed by atoms with Gasteiger partial charge in [-0.1, -0.05) is 0 Å². The van der Waals surface area contributed by atoms with E-state index in [2.05, 4.69) is 12.2 Å². The van der Waals surface area contributed by atoms with E-state index in [1.165, 1.54) is 0 Å². The van der Waals surface area contributed by atoms with E-state index in [4.69, 9.17) is 9.47 Å². The number of halogens is 3. The molecule has 1 saturated carbocycles.